The second-order valence-electron chi connectivity index (χ2n) is 7.46. The van der Waals surface area contributed by atoms with Crippen LogP contribution in [0.1, 0.15) is 22.3 Å². The molecule has 0 fully saturated rings. The first kappa shape index (κ1) is 17.3. The molecule has 30 heavy (non-hydrogen) atoms. The van der Waals surface area contributed by atoms with E-state index in [1.165, 1.54) is 22.7 Å². The molecule has 0 aliphatic rings. The maximum Gasteiger partial charge on any atom is 0.191 e. The van der Waals surface area contributed by atoms with Gasteiger partial charge in [-0.2, -0.15) is 8.75 Å². The van der Waals surface area contributed by atoms with E-state index >= 15 is 0 Å². The highest BCUT2D eigenvalue weighted by Crippen LogP contribution is 2.34. The van der Waals surface area contributed by atoms with Gasteiger partial charge < -0.3 is 4.52 Å². The number of aryl methyl sites for hydroxylation is 4. The van der Waals surface area contributed by atoms with Crippen LogP contribution in [0.3, 0.4) is 0 Å². The molecule has 0 atom stereocenters. The normalized spacial score (nSPS) is 11.9. The standard InChI is InChI=1S/C22H16N6OS/c1-11-17-9-23-8-6-14(17)15(20-19(11)26-30-27-20)3-4-16-18-10-24-7-5-13(18)12(2)22-21(16)25-28-29-22/h5-10H,3-4H2,1-2H3. The van der Waals surface area contributed by atoms with Gasteiger partial charge in [0.2, 0.25) is 0 Å². The summed E-state index contributed by atoms with van der Waals surface area (Å²) in [5.41, 5.74) is 7.91. The van der Waals surface area contributed by atoms with Gasteiger partial charge in [-0.1, -0.05) is 0 Å². The fourth-order valence-electron chi connectivity index (χ4n) is 4.45. The zero-order valence-electron chi connectivity index (χ0n) is 16.4. The Bertz CT molecular complexity index is 1470. The van der Waals surface area contributed by atoms with Crippen LogP contribution < -0.4 is 0 Å². The highest BCUT2D eigenvalue weighted by molar-refractivity contribution is 7.00. The predicted molar refractivity (Wildman–Crippen MR) is 117 cm³/mol. The van der Waals surface area contributed by atoms with Crippen LogP contribution in [0.15, 0.2) is 41.4 Å². The molecule has 0 bridgehead atoms. The maximum atomic E-state index is 5.48. The Balaban J connectivity index is 1.57. The van der Waals surface area contributed by atoms with Gasteiger partial charge in [0.05, 0.1) is 11.7 Å². The number of benzene rings is 2. The van der Waals surface area contributed by atoms with E-state index in [9.17, 15) is 0 Å². The Morgan fingerprint density at radius 2 is 1.47 bits per heavy atom. The molecule has 146 valence electrons. The Hall–Kier alpha value is -3.52. The van der Waals surface area contributed by atoms with E-state index in [4.69, 9.17) is 4.52 Å². The Morgan fingerprint density at radius 1 is 0.767 bits per heavy atom. The first-order chi connectivity index (χ1) is 14.7. The molecule has 2 aromatic carbocycles. The van der Waals surface area contributed by atoms with Crippen LogP contribution in [-0.4, -0.2) is 29.1 Å². The molecule has 0 spiro atoms. The highest BCUT2D eigenvalue weighted by Gasteiger charge is 2.19. The van der Waals surface area contributed by atoms with Crippen molar-refractivity contribution in [2.75, 3.05) is 0 Å². The van der Waals surface area contributed by atoms with Crippen LogP contribution in [0.25, 0.3) is 43.7 Å². The third-order valence-corrected chi connectivity index (χ3v) is 6.50. The largest absolute Gasteiger partial charge is 0.337 e. The number of rotatable bonds is 3. The minimum absolute atomic E-state index is 0.738. The smallest absolute Gasteiger partial charge is 0.191 e. The quantitative estimate of drug-likeness (QED) is 0.415. The number of hydrogen-bond acceptors (Lipinski definition) is 8. The molecule has 0 radical (unpaired) electrons. The Labute approximate surface area is 175 Å². The van der Waals surface area contributed by atoms with E-state index in [0.717, 1.165) is 67.8 Å². The molecule has 0 aliphatic carbocycles. The zero-order valence-corrected chi connectivity index (χ0v) is 17.2. The van der Waals surface area contributed by atoms with Crippen molar-refractivity contribution in [3.05, 3.63) is 59.2 Å². The first-order valence-corrected chi connectivity index (χ1v) is 10.4. The number of aromatic nitrogens is 6. The summed E-state index contributed by atoms with van der Waals surface area (Å²) >= 11 is 1.25. The number of fused-ring (bicyclic) bond motifs is 4. The van der Waals surface area contributed by atoms with Crippen LogP contribution in [0, 0.1) is 13.8 Å². The Kier molecular flexibility index (Phi) is 3.76. The molecule has 6 aromatic rings. The topological polar surface area (TPSA) is 90.5 Å². The van der Waals surface area contributed by atoms with Crippen molar-refractivity contribution in [3.63, 3.8) is 0 Å². The molecule has 0 N–H and O–H groups in total. The van der Waals surface area contributed by atoms with E-state index in [-0.39, 0.29) is 0 Å². The summed E-state index contributed by atoms with van der Waals surface area (Å²) in [4.78, 5) is 8.68. The van der Waals surface area contributed by atoms with E-state index in [1.807, 2.05) is 31.6 Å². The number of nitrogens with zero attached hydrogens (tertiary/aromatic N) is 6. The number of hydrogen-bond donors (Lipinski definition) is 0. The van der Waals surface area contributed by atoms with E-state index in [1.54, 1.807) is 6.20 Å². The lowest BCUT2D eigenvalue weighted by molar-refractivity contribution is 0.423. The number of pyridine rings is 2. The van der Waals surface area contributed by atoms with Crippen molar-refractivity contribution < 1.29 is 4.52 Å². The van der Waals surface area contributed by atoms with Crippen LogP contribution in [0.5, 0.6) is 0 Å². The van der Waals surface area contributed by atoms with Crippen LogP contribution in [-0.2, 0) is 12.8 Å². The van der Waals surface area contributed by atoms with Crippen molar-refractivity contribution in [1.82, 2.24) is 29.1 Å². The molecule has 0 unspecified atom stereocenters. The lowest BCUT2D eigenvalue weighted by atomic mass is 9.92. The molecular weight excluding hydrogens is 396 g/mol. The summed E-state index contributed by atoms with van der Waals surface area (Å²) in [6.07, 6.45) is 9.01. The fraction of sp³-hybridized carbons (Fsp3) is 0.182. The van der Waals surface area contributed by atoms with E-state index in [0.29, 0.717) is 0 Å². The van der Waals surface area contributed by atoms with Gasteiger partial charge in [0.1, 0.15) is 16.6 Å². The first-order valence-electron chi connectivity index (χ1n) is 9.68. The van der Waals surface area contributed by atoms with E-state index < -0.39 is 0 Å². The molecule has 0 amide bonds. The monoisotopic (exact) mass is 412 g/mol. The molecule has 0 aliphatic heterocycles. The average molecular weight is 412 g/mol. The van der Waals surface area contributed by atoms with Gasteiger partial charge in [-0.3, -0.25) is 9.97 Å². The summed E-state index contributed by atoms with van der Waals surface area (Å²) < 4.78 is 14.6. The third kappa shape index (κ3) is 2.37. The van der Waals surface area contributed by atoms with Crippen LogP contribution in [0.4, 0.5) is 0 Å². The lowest BCUT2D eigenvalue weighted by Gasteiger charge is -2.12. The predicted octanol–water partition coefficient (Wildman–Crippen LogP) is 4.73. The summed E-state index contributed by atoms with van der Waals surface area (Å²) in [7, 11) is 0. The molecule has 8 heteroatoms. The summed E-state index contributed by atoms with van der Waals surface area (Å²) in [6.45, 7) is 4.12. The van der Waals surface area contributed by atoms with Gasteiger partial charge in [0, 0.05) is 46.4 Å². The van der Waals surface area contributed by atoms with Gasteiger partial charge in [-0.15, -0.1) is 5.10 Å². The molecule has 7 nitrogen and oxygen atoms in total. The van der Waals surface area contributed by atoms with Crippen molar-refractivity contribution in [3.8, 4) is 0 Å². The highest BCUT2D eigenvalue weighted by atomic mass is 32.1. The molecule has 0 saturated heterocycles. The van der Waals surface area contributed by atoms with Crippen LogP contribution in [0.2, 0.25) is 0 Å². The second-order valence-corrected chi connectivity index (χ2v) is 7.99. The van der Waals surface area contributed by atoms with Gasteiger partial charge in [-0.25, -0.2) is 0 Å². The SMILES string of the molecule is Cc1c2cnccc2c(CCc2c3cnccc3c(C)c3onnc23)c2nsnc12. The zero-order chi connectivity index (χ0) is 20.2. The second kappa shape index (κ2) is 6.50. The molecule has 4 heterocycles. The third-order valence-electron chi connectivity index (χ3n) is 5.97. The van der Waals surface area contributed by atoms with Gasteiger partial charge in [0.15, 0.2) is 5.58 Å². The van der Waals surface area contributed by atoms with Gasteiger partial charge in [0.25, 0.3) is 0 Å². The minimum Gasteiger partial charge on any atom is -0.337 e. The van der Waals surface area contributed by atoms with Gasteiger partial charge in [-0.05, 0) is 66.3 Å². The maximum absolute atomic E-state index is 5.48. The summed E-state index contributed by atoms with van der Waals surface area (Å²) in [6, 6.07) is 4.09. The average Bonchev–Trinajstić information content (AvgIpc) is 3.46. The fourth-order valence-corrected chi connectivity index (χ4v) is 5.07. The van der Waals surface area contributed by atoms with Crippen molar-refractivity contribution in [2.45, 2.75) is 26.7 Å². The summed E-state index contributed by atoms with van der Waals surface area (Å²) in [5.74, 6) is 0. The molecule has 4 aromatic heterocycles. The van der Waals surface area contributed by atoms with Gasteiger partial charge >= 0.3 is 0 Å². The van der Waals surface area contributed by atoms with E-state index in [2.05, 4.69) is 42.1 Å². The molecular formula is C22H16N6OS. The lowest BCUT2D eigenvalue weighted by Crippen LogP contribution is -1.99. The molecule has 6 rings (SSSR count). The summed E-state index contributed by atoms with van der Waals surface area (Å²) in [5, 5.41) is 12.6. The van der Waals surface area contributed by atoms with Crippen molar-refractivity contribution in [2.24, 2.45) is 0 Å². The van der Waals surface area contributed by atoms with Crippen LogP contribution >= 0.6 is 11.7 Å². The molecule has 0 saturated carbocycles. The van der Waals surface area contributed by atoms with Crippen molar-refractivity contribution >= 4 is 55.4 Å². The Morgan fingerprint density at radius 3 is 2.30 bits per heavy atom. The minimum atomic E-state index is 0.738. The van der Waals surface area contributed by atoms with Crippen molar-refractivity contribution in [1.29, 1.82) is 0 Å².